The SMILES string of the molecule is O=C1CO[C@H]2CN(C(=O)C3(c4ccccc4F)CC3)C[C@@H]2N1. The van der Waals surface area contributed by atoms with Crippen molar-refractivity contribution in [1.29, 1.82) is 0 Å². The number of nitrogens with zero attached hydrogens (tertiary/aromatic N) is 1. The monoisotopic (exact) mass is 304 g/mol. The van der Waals surface area contributed by atoms with Gasteiger partial charge in [0.2, 0.25) is 11.8 Å². The van der Waals surface area contributed by atoms with E-state index in [0.717, 1.165) is 0 Å². The summed E-state index contributed by atoms with van der Waals surface area (Å²) in [6.07, 6.45) is 1.19. The van der Waals surface area contributed by atoms with Gasteiger partial charge in [-0.15, -0.1) is 0 Å². The summed E-state index contributed by atoms with van der Waals surface area (Å²) in [5, 5.41) is 2.85. The number of nitrogens with one attached hydrogen (secondary N) is 1. The summed E-state index contributed by atoms with van der Waals surface area (Å²) < 4.78 is 19.5. The number of carbonyl (C=O) groups is 2. The Morgan fingerprint density at radius 1 is 1.32 bits per heavy atom. The van der Waals surface area contributed by atoms with E-state index in [1.165, 1.54) is 6.07 Å². The molecule has 4 rings (SSSR count). The van der Waals surface area contributed by atoms with E-state index >= 15 is 0 Å². The van der Waals surface area contributed by atoms with Gasteiger partial charge in [-0.2, -0.15) is 0 Å². The van der Waals surface area contributed by atoms with Gasteiger partial charge in [0.05, 0.1) is 17.6 Å². The van der Waals surface area contributed by atoms with E-state index in [4.69, 9.17) is 4.74 Å². The quantitative estimate of drug-likeness (QED) is 0.870. The fourth-order valence-electron chi connectivity index (χ4n) is 3.55. The number of carbonyl (C=O) groups excluding carboxylic acids is 2. The lowest BCUT2D eigenvalue weighted by Gasteiger charge is -2.24. The highest BCUT2D eigenvalue weighted by Gasteiger charge is 2.56. The van der Waals surface area contributed by atoms with E-state index in [1.54, 1.807) is 23.1 Å². The van der Waals surface area contributed by atoms with Crippen molar-refractivity contribution in [3.8, 4) is 0 Å². The molecule has 1 aliphatic carbocycles. The lowest BCUT2D eigenvalue weighted by molar-refractivity contribution is -0.134. The summed E-state index contributed by atoms with van der Waals surface area (Å²) in [5.41, 5.74) is -0.233. The fourth-order valence-corrected chi connectivity index (χ4v) is 3.55. The molecular weight excluding hydrogens is 287 g/mol. The zero-order valence-corrected chi connectivity index (χ0v) is 12.0. The largest absolute Gasteiger partial charge is 0.364 e. The summed E-state index contributed by atoms with van der Waals surface area (Å²) in [5.74, 6) is -0.523. The Morgan fingerprint density at radius 3 is 2.82 bits per heavy atom. The number of rotatable bonds is 2. The molecule has 1 aromatic rings. The first kappa shape index (κ1) is 13.7. The normalized spacial score (nSPS) is 29.0. The standard InChI is InChI=1S/C16H17FN2O3/c17-11-4-2-1-3-10(11)16(5-6-16)15(21)19-7-12-13(8-19)22-9-14(20)18-12/h1-4,12-13H,5-9H2,(H,18,20)/t12-,13-/m0/s1. The number of benzene rings is 1. The van der Waals surface area contributed by atoms with Gasteiger partial charge in [-0.25, -0.2) is 4.39 Å². The Labute approximate surface area is 127 Å². The van der Waals surface area contributed by atoms with E-state index < -0.39 is 5.41 Å². The Hall–Kier alpha value is -1.95. The Morgan fingerprint density at radius 2 is 2.09 bits per heavy atom. The van der Waals surface area contributed by atoms with Crippen LogP contribution < -0.4 is 5.32 Å². The highest BCUT2D eigenvalue weighted by atomic mass is 19.1. The molecule has 3 fully saturated rings. The first-order valence-corrected chi connectivity index (χ1v) is 7.55. The first-order valence-electron chi connectivity index (χ1n) is 7.55. The molecule has 0 aromatic heterocycles. The average Bonchev–Trinajstić information content (AvgIpc) is 3.20. The zero-order chi connectivity index (χ0) is 15.3. The van der Waals surface area contributed by atoms with Crippen LogP contribution in [0.3, 0.4) is 0 Å². The second-order valence-corrected chi connectivity index (χ2v) is 6.30. The van der Waals surface area contributed by atoms with Crippen molar-refractivity contribution in [2.45, 2.75) is 30.4 Å². The predicted molar refractivity (Wildman–Crippen MR) is 75.6 cm³/mol. The van der Waals surface area contributed by atoms with Crippen molar-refractivity contribution in [1.82, 2.24) is 10.2 Å². The third-order valence-corrected chi connectivity index (χ3v) is 4.88. The maximum Gasteiger partial charge on any atom is 0.246 e. The van der Waals surface area contributed by atoms with Gasteiger partial charge in [0.25, 0.3) is 0 Å². The molecule has 2 atom stereocenters. The molecule has 2 heterocycles. The highest BCUT2D eigenvalue weighted by Crippen LogP contribution is 2.50. The number of halogens is 1. The van der Waals surface area contributed by atoms with Crippen LogP contribution in [0.25, 0.3) is 0 Å². The van der Waals surface area contributed by atoms with Crippen LogP contribution in [0.2, 0.25) is 0 Å². The number of hydrogen-bond acceptors (Lipinski definition) is 3. The molecule has 1 aromatic carbocycles. The fraction of sp³-hybridized carbons (Fsp3) is 0.500. The summed E-state index contributed by atoms with van der Waals surface area (Å²) in [4.78, 5) is 26.0. The summed E-state index contributed by atoms with van der Waals surface area (Å²) in [6.45, 7) is 0.938. The van der Waals surface area contributed by atoms with Crippen molar-refractivity contribution in [2.24, 2.45) is 0 Å². The third-order valence-electron chi connectivity index (χ3n) is 4.88. The van der Waals surface area contributed by atoms with Gasteiger partial charge in [0, 0.05) is 18.7 Å². The molecule has 2 aliphatic heterocycles. The molecule has 1 N–H and O–H groups in total. The molecule has 0 unspecified atom stereocenters. The van der Waals surface area contributed by atoms with Crippen LogP contribution in [0.15, 0.2) is 24.3 Å². The number of fused-ring (bicyclic) bond motifs is 1. The molecule has 1 saturated carbocycles. The minimum Gasteiger partial charge on any atom is -0.364 e. The average molecular weight is 304 g/mol. The molecule has 6 heteroatoms. The van der Waals surface area contributed by atoms with E-state index in [1.807, 2.05) is 0 Å². The van der Waals surface area contributed by atoms with E-state index in [9.17, 15) is 14.0 Å². The number of amides is 2. The van der Waals surface area contributed by atoms with Crippen LogP contribution in [0.5, 0.6) is 0 Å². The molecule has 2 amide bonds. The lowest BCUT2D eigenvalue weighted by atomic mass is 9.94. The molecular formula is C16H17FN2O3. The predicted octanol–water partition coefficient (Wildman–Crippen LogP) is 0.583. The van der Waals surface area contributed by atoms with Crippen LogP contribution in [-0.2, 0) is 19.7 Å². The smallest absolute Gasteiger partial charge is 0.246 e. The van der Waals surface area contributed by atoms with Crippen molar-refractivity contribution >= 4 is 11.8 Å². The minimum absolute atomic E-state index is 0.0433. The molecule has 22 heavy (non-hydrogen) atoms. The van der Waals surface area contributed by atoms with Gasteiger partial charge >= 0.3 is 0 Å². The minimum atomic E-state index is -0.719. The molecule has 3 aliphatic rings. The van der Waals surface area contributed by atoms with Gasteiger partial charge in [-0.3, -0.25) is 9.59 Å². The highest BCUT2D eigenvalue weighted by molar-refractivity contribution is 5.92. The third kappa shape index (κ3) is 2.01. The zero-order valence-electron chi connectivity index (χ0n) is 12.0. The molecule has 5 nitrogen and oxygen atoms in total. The van der Waals surface area contributed by atoms with Crippen LogP contribution in [0.1, 0.15) is 18.4 Å². The molecule has 0 bridgehead atoms. The van der Waals surface area contributed by atoms with E-state index in [-0.39, 0.29) is 36.4 Å². The maximum atomic E-state index is 14.1. The van der Waals surface area contributed by atoms with Crippen molar-refractivity contribution in [2.75, 3.05) is 19.7 Å². The van der Waals surface area contributed by atoms with Crippen LogP contribution >= 0.6 is 0 Å². The number of ether oxygens (including phenoxy) is 1. The van der Waals surface area contributed by atoms with Crippen molar-refractivity contribution < 1.29 is 18.7 Å². The lowest BCUT2D eigenvalue weighted by Crippen LogP contribution is -2.51. The van der Waals surface area contributed by atoms with Gasteiger partial charge < -0.3 is 15.0 Å². The second-order valence-electron chi connectivity index (χ2n) is 6.30. The summed E-state index contributed by atoms with van der Waals surface area (Å²) in [6, 6.07) is 6.34. The number of morpholine rings is 1. The number of hydrogen-bond donors (Lipinski definition) is 1. The van der Waals surface area contributed by atoms with Crippen molar-refractivity contribution in [3.63, 3.8) is 0 Å². The Bertz CT molecular complexity index is 644. The molecule has 116 valence electrons. The Kier molecular flexibility index (Phi) is 2.97. The van der Waals surface area contributed by atoms with Crippen molar-refractivity contribution in [3.05, 3.63) is 35.6 Å². The van der Waals surface area contributed by atoms with E-state index in [0.29, 0.717) is 31.5 Å². The van der Waals surface area contributed by atoms with Crippen LogP contribution in [-0.4, -0.2) is 48.6 Å². The van der Waals surface area contributed by atoms with Gasteiger partial charge in [-0.1, -0.05) is 18.2 Å². The maximum absolute atomic E-state index is 14.1. The second kappa shape index (κ2) is 4.78. The van der Waals surface area contributed by atoms with E-state index in [2.05, 4.69) is 5.32 Å². The van der Waals surface area contributed by atoms with Gasteiger partial charge in [0.15, 0.2) is 0 Å². The first-order chi connectivity index (χ1) is 10.6. The molecule has 2 saturated heterocycles. The topological polar surface area (TPSA) is 58.6 Å². The summed E-state index contributed by atoms with van der Waals surface area (Å²) in [7, 11) is 0. The molecule has 0 spiro atoms. The Balaban J connectivity index is 1.56. The van der Waals surface area contributed by atoms with Crippen LogP contribution in [0.4, 0.5) is 4.39 Å². The van der Waals surface area contributed by atoms with Gasteiger partial charge in [-0.05, 0) is 18.9 Å². The van der Waals surface area contributed by atoms with Crippen LogP contribution in [0, 0.1) is 5.82 Å². The number of likely N-dealkylation sites (tertiary alicyclic amines) is 1. The molecule has 0 radical (unpaired) electrons. The van der Waals surface area contributed by atoms with Gasteiger partial charge in [0.1, 0.15) is 12.4 Å². The summed E-state index contributed by atoms with van der Waals surface area (Å²) >= 11 is 0.